The van der Waals surface area contributed by atoms with Crippen LogP contribution in [0.1, 0.15) is 38.8 Å². The first-order valence-electron chi connectivity index (χ1n) is 9.10. The van der Waals surface area contributed by atoms with E-state index in [1.165, 1.54) is 4.90 Å². The first-order valence-corrected chi connectivity index (χ1v) is 9.10. The van der Waals surface area contributed by atoms with Crippen molar-refractivity contribution >= 4 is 11.9 Å². The number of urea groups is 1. The Hall–Kier alpha value is -2.44. The molecule has 3 amide bonds. The van der Waals surface area contributed by atoms with Gasteiger partial charge in [0.05, 0.1) is 6.04 Å². The van der Waals surface area contributed by atoms with Gasteiger partial charge in [-0.2, -0.15) is 0 Å². The number of ether oxygens (including phenoxy) is 2. The number of nitrogens with zero attached hydrogens (tertiary/aromatic N) is 1. The highest BCUT2D eigenvalue weighted by molar-refractivity contribution is 5.84. The summed E-state index contributed by atoms with van der Waals surface area (Å²) in [5.74, 6) is 1.42. The van der Waals surface area contributed by atoms with E-state index in [0.29, 0.717) is 25.5 Å². The van der Waals surface area contributed by atoms with Crippen LogP contribution in [-0.2, 0) is 4.79 Å². The molecule has 0 radical (unpaired) electrons. The van der Waals surface area contributed by atoms with Crippen molar-refractivity contribution in [3.63, 3.8) is 0 Å². The van der Waals surface area contributed by atoms with Gasteiger partial charge in [0.2, 0.25) is 5.91 Å². The molecular weight excluding hydrogens is 334 g/mol. The van der Waals surface area contributed by atoms with Crippen molar-refractivity contribution in [1.29, 1.82) is 0 Å². The van der Waals surface area contributed by atoms with E-state index >= 15 is 0 Å². The maximum Gasteiger partial charge on any atom is 0.318 e. The average Bonchev–Trinajstić information content (AvgIpc) is 2.63. The lowest BCUT2D eigenvalue weighted by Crippen LogP contribution is -2.45. The second-order valence-electron chi connectivity index (χ2n) is 6.78. The van der Waals surface area contributed by atoms with Crippen molar-refractivity contribution in [3.05, 3.63) is 23.8 Å². The van der Waals surface area contributed by atoms with Crippen LogP contribution in [-0.4, -0.2) is 50.2 Å². The van der Waals surface area contributed by atoms with Crippen LogP contribution in [0.3, 0.4) is 0 Å². The van der Waals surface area contributed by atoms with E-state index in [1.54, 1.807) is 7.05 Å². The topological polar surface area (TPSA) is 79.9 Å². The van der Waals surface area contributed by atoms with Crippen LogP contribution in [0.15, 0.2) is 18.2 Å². The molecule has 0 bridgehead atoms. The third kappa shape index (κ3) is 5.28. The summed E-state index contributed by atoms with van der Waals surface area (Å²) in [6.45, 7) is 7.76. The predicted molar refractivity (Wildman–Crippen MR) is 99.5 cm³/mol. The minimum atomic E-state index is -0.287. The summed E-state index contributed by atoms with van der Waals surface area (Å²) in [5.41, 5.74) is 0.946. The molecular formula is C19H29N3O4. The SMILES string of the molecule is CCCNC(=O)CN(C)C(=O)N[C@H](c1ccc2c(c1)OCCO2)C(C)C. The third-order valence-corrected chi connectivity index (χ3v) is 4.17. The number of hydrogen-bond acceptors (Lipinski definition) is 4. The molecule has 0 aromatic heterocycles. The number of benzene rings is 1. The average molecular weight is 363 g/mol. The first-order chi connectivity index (χ1) is 12.4. The van der Waals surface area contributed by atoms with Gasteiger partial charge >= 0.3 is 6.03 Å². The number of fused-ring (bicyclic) bond motifs is 1. The van der Waals surface area contributed by atoms with Gasteiger partial charge in [0, 0.05) is 13.6 Å². The molecule has 0 aliphatic carbocycles. The number of carbonyl (C=O) groups excluding carboxylic acids is 2. The molecule has 0 fully saturated rings. The minimum absolute atomic E-state index is 0.0256. The minimum Gasteiger partial charge on any atom is -0.486 e. The predicted octanol–water partition coefficient (Wildman–Crippen LogP) is 2.32. The van der Waals surface area contributed by atoms with Crippen molar-refractivity contribution in [1.82, 2.24) is 15.5 Å². The molecule has 0 saturated carbocycles. The van der Waals surface area contributed by atoms with Gasteiger partial charge in [-0.3, -0.25) is 4.79 Å². The molecule has 26 heavy (non-hydrogen) atoms. The summed E-state index contributed by atoms with van der Waals surface area (Å²) >= 11 is 0. The summed E-state index contributed by atoms with van der Waals surface area (Å²) in [6.07, 6.45) is 0.862. The van der Waals surface area contributed by atoms with Crippen LogP contribution >= 0.6 is 0 Å². The zero-order chi connectivity index (χ0) is 19.1. The van der Waals surface area contributed by atoms with Crippen LogP contribution in [0.5, 0.6) is 11.5 Å². The van der Waals surface area contributed by atoms with E-state index in [2.05, 4.69) is 10.6 Å². The molecule has 2 rings (SSSR count). The Labute approximate surface area is 155 Å². The summed E-state index contributed by atoms with van der Waals surface area (Å²) in [4.78, 5) is 25.7. The number of hydrogen-bond donors (Lipinski definition) is 2. The van der Waals surface area contributed by atoms with Crippen molar-refractivity contribution < 1.29 is 19.1 Å². The van der Waals surface area contributed by atoms with Gasteiger partial charge in [0.15, 0.2) is 11.5 Å². The van der Waals surface area contributed by atoms with Gasteiger partial charge in [-0.25, -0.2) is 4.79 Å². The standard InChI is InChI=1S/C19H29N3O4/c1-5-8-20-17(23)12-22(4)19(24)21-18(13(2)3)14-6-7-15-16(11-14)26-10-9-25-15/h6-7,11,13,18H,5,8-10,12H2,1-4H3,(H,20,23)(H,21,24)/t18-/m0/s1. The molecule has 144 valence electrons. The molecule has 0 saturated heterocycles. The van der Waals surface area contributed by atoms with Crippen LogP contribution in [0.4, 0.5) is 4.79 Å². The Morgan fingerprint density at radius 1 is 1.19 bits per heavy atom. The lowest BCUT2D eigenvalue weighted by Gasteiger charge is -2.27. The maximum atomic E-state index is 12.5. The molecule has 1 aliphatic heterocycles. The number of nitrogens with one attached hydrogen (secondary N) is 2. The van der Waals surface area contributed by atoms with E-state index in [-0.39, 0.29) is 30.4 Å². The highest BCUT2D eigenvalue weighted by Gasteiger charge is 2.23. The van der Waals surface area contributed by atoms with Crippen LogP contribution in [0.2, 0.25) is 0 Å². The van der Waals surface area contributed by atoms with E-state index in [4.69, 9.17) is 9.47 Å². The van der Waals surface area contributed by atoms with E-state index in [1.807, 2.05) is 39.0 Å². The van der Waals surface area contributed by atoms with Gasteiger partial charge in [-0.15, -0.1) is 0 Å². The Morgan fingerprint density at radius 3 is 2.54 bits per heavy atom. The van der Waals surface area contributed by atoms with Crippen molar-refractivity contribution in [3.8, 4) is 11.5 Å². The summed E-state index contributed by atoms with van der Waals surface area (Å²) in [7, 11) is 1.61. The fourth-order valence-corrected chi connectivity index (χ4v) is 2.74. The fraction of sp³-hybridized carbons (Fsp3) is 0.579. The summed E-state index contributed by atoms with van der Waals surface area (Å²) < 4.78 is 11.2. The molecule has 2 N–H and O–H groups in total. The normalized spacial score (nSPS) is 13.9. The molecule has 7 heteroatoms. The van der Waals surface area contributed by atoms with Crippen LogP contribution < -0.4 is 20.1 Å². The maximum absolute atomic E-state index is 12.5. The smallest absolute Gasteiger partial charge is 0.318 e. The summed E-state index contributed by atoms with van der Waals surface area (Å²) in [6, 6.07) is 5.23. The fourth-order valence-electron chi connectivity index (χ4n) is 2.74. The van der Waals surface area contributed by atoms with Gasteiger partial charge in [0.25, 0.3) is 0 Å². The van der Waals surface area contributed by atoms with Gasteiger partial charge in [-0.1, -0.05) is 26.8 Å². The Kier molecular flexibility index (Phi) is 7.12. The summed E-state index contributed by atoms with van der Waals surface area (Å²) in [5, 5.41) is 5.78. The van der Waals surface area contributed by atoms with Crippen LogP contribution in [0, 0.1) is 5.92 Å². The van der Waals surface area contributed by atoms with Crippen molar-refractivity contribution in [2.45, 2.75) is 33.2 Å². The number of likely N-dealkylation sites (N-methyl/N-ethyl adjacent to an activating group) is 1. The molecule has 1 atom stereocenters. The van der Waals surface area contributed by atoms with Gasteiger partial charge in [0.1, 0.15) is 19.8 Å². The number of carbonyl (C=O) groups is 2. The Balaban J connectivity index is 2.03. The second kappa shape index (κ2) is 9.31. The molecule has 0 unspecified atom stereocenters. The molecule has 1 aromatic rings. The Bertz CT molecular complexity index is 633. The molecule has 1 heterocycles. The molecule has 7 nitrogen and oxygen atoms in total. The number of rotatable bonds is 7. The zero-order valence-corrected chi connectivity index (χ0v) is 16.0. The largest absolute Gasteiger partial charge is 0.486 e. The lowest BCUT2D eigenvalue weighted by molar-refractivity contribution is -0.121. The van der Waals surface area contributed by atoms with Gasteiger partial charge in [-0.05, 0) is 30.0 Å². The quantitative estimate of drug-likeness (QED) is 0.779. The number of amides is 3. The van der Waals surface area contributed by atoms with Crippen molar-refractivity contribution in [2.24, 2.45) is 5.92 Å². The first kappa shape index (κ1) is 19.9. The van der Waals surface area contributed by atoms with Crippen LogP contribution in [0.25, 0.3) is 0 Å². The van der Waals surface area contributed by atoms with E-state index in [0.717, 1.165) is 17.7 Å². The lowest BCUT2D eigenvalue weighted by atomic mass is 9.95. The highest BCUT2D eigenvalue weighted by atomic mass is 16.6. The molecule has 1 aromatic carbocycles. The molecule has 0 spiro atoms. The highest BCUT2D eigenvalue weighted by Crippen LogP contribution is 2.34. The molecule has 1 aliphatic rings. The van der Waals surface area contributed by atoms with E-state index < -0.39 is 0 Å². The van der Waals surface area contributed by atoms with Gasteiger partial charge < -0.3 is 25.0 Å². The second-order valence-corrected chi connectivity index (χ2v) is 6.78. The van der Waals surface area contributed by atoms with Crippen molar-refractivity contribution in [2.75, 3.05) is 33.4 Å². The Morgan fingerprint density at radius 2 is 1.88 bits per heavy atom. The monoisotopic (exact) mass is 363 g/mol. The zero-order valence-electron chi connectivity index (χ0n) is 16.0. The van der Waals surface area contributed by atoms with E-state index in [9.17, 15) is 9.59 Å². The third-order valence-electron chi connectivity index (χ3n) is 4.17.